The number of nitrogens with zero attached hydrogens (tertiary/aromatic N) is 4. The van der Waals surface area contributed by atoms with Crippen LogP contribution in [-0.4, -0.2) is 51.5 Å². The van der Waals surface area contributed by atoms with E-state index in [0.717, 1.165) is 42.9 Å². The first kappa shape index (κ1) is 21.7. The van der Waals surface area contributed by atoms with Gasteiger partial charge in [0.15, 0.2) is 11.0 Å². The molecule has 0 bridgehead atoms. The summed E-state index contributed by atoms with van der Waals surface area (Å²) in [7, 11) is 1.64. The number of hydrogen-bond donors (Lipinski definition) is 0. The van der Waals surface area contributed by atoms with Crippen LogP contribution >= 0.6 is 23.4 Å². The molecule has 31 heavy (non-hydrogen) atoms. The lowest BCUT2D eigenvalue weighted by Gasteiger charge is -2.20. The van der Waals surface area contributed by atoms with Crippen molar-refractivity contribution in [3.63, 3.8) is 0 Å². The van der Waals surface area contributed by atoms with E-state index in [4.69, 9.17) is 16.3 Å². The van der Waals surface area contributed by atoms with Gasteiger partial charge in [0.2, 0.25) is 5.91 Å². The molecule has 3 aromatic rings. The van der Waals surface area contributed by atoms with Crippen LogP contribution in [0.5, 0.6) is 5.75 Å². The Kier molecular flexibility index (Phi) is 7.14. The normalized spacial score (nSPS) is 14.3. The van der Waals surface area contributed by atoms with Crippen LogP contribution in [0.2, 0.25) is 5.02 Å². The van der Waals surface area contributed by atoms with Crippen molar-refractivity contribution in [3.8, 4) is 22.8 Å². The van der Waals surface area contributed by atoms with E-state index < -0.39 is 0 Å². The molecule has 1 amide bonds. The van der Waals surface area contributed by atoms with Crippen molar-refractivity contribution >= 4 is 29.3 Å². The molecule has 1 aliphatic rings. The maximum Gasteiger partial charge on any atom is 0.233 e. The first-order chi connectivity index (χ1) is 15.2. The molecule has 0 radical (unpaired) electrons. The van der Waals surface area contributed by atoms with Crippen LogP contribution in [0.3, 0.4) is 0 Å². The van der Waals surface area contributed by atoms with Gasteiger partial charge in [-0.1, -0.05) is 48.3 Å². The Morgan fingerprint density at radius 3 is 2.52 bits per heavy atom. The lowest BCUT2D eigenvalue weighted by molar-refractivity contribution is -0.128. The Labute approximate surface area is 191 Å². The van der Waals surface area contributed by atoms with Gasteiger partial charge >= 0.3 is 0 Å². The Balaban J connectivity index is 1.63. The lowest BCUT2D eigenvalue weighted by Crippen LogP contribution is -2.33. The topological polar surface area (TPSA) is 60.3 Å². The van der Waals surface area contributed by atoms with Crippen molar-refractivity contribution in [3.05, 3.63) is 53.6 Å². The van der Waals surface area contributed by atoms with Crippen LogP contribution in [0.25, 0.3) is 17.1 Å². The van der Waals surface area contributed by atoms with Crippen molar-refractivity contribution in [1.82, 2.24) is 19.7 Å². The predicted octanol–water partition coefficient (Wildman–Crippen LogP) is 5.09. The van der Waals surface area contributed by atoms with Gasteiger partial charge < -0.3 is 9.64 Å². The summed E-state index contributed by atoms with van der Waals surface area (Å²) in [4.78, 5) is 14.8. The van der Waals surface area contributed by atoms with Gasteiger partial charge in [0, 0.05) is 29.4 Å². The molecule has 0 aliphatic carbocycles. The zero-order valence-electron chi connectivity index (χ0n) is 17.5. The summed E-state index contributed by atoms with van der Waals surface area (Å²) in [6.45, 7) is 1.69. The van der Waals surface area contributed by atoms with E-state index in [2.05, 4.69) is 10.2 Å². The second kappa shape index (κ2) is 10.2. The summed E-state index contributed by atoms with van der Waals surface area (Å²) in [5.41, 5.74) is 1.77. The number of amides is 1. The molecule has 0 unspecified atom stereocenters. The van der Waals surface area contributed by atoms with Gasteiger partial charge in [-0.05, 0) is 49.2 Å². The van der Waals surface area contributed by atoms with Gasteiger partial charge in [-0.3, -0.25) is 9.36 Å². The minimum absolute atomic E-state index is 0.153. The van der Waals surface area contributed by atoms with Gasteiger partial charge in [0.1, 0.15) is 5.75 Å². The van der Waals surface area contributed by atoms with Crippen LogP contribution in [-0.2, 0) is 4.79 Å². The van der Waals surface area contributed by atoms with Gasteiger partial charge in [-0.2, -0.15) is 0 Å². The molecule has 4 rings (SSSR count). The highest BCUT2D eigenvalue weighted by Gasteiger charge is 2.20. The number of hydrogen-bond acceptors (Lipinski definition) is 5. The zero-order chi connectivity index (χ0) is 21.6. The van der Waals surface area contributed by atoms with E-state index >= 15 is 0 Å². The minimum atomic E-state index is 0.153. The summed E-state index contributed by atoms with van der Waals surface area (Å²) in [6.07, 6.45) is 4.56. The van der Waals surface area contributed by atoms with Gasteiger partial charge in [0.25, 0.3) is 0 Å². The highest BCUT2D eigenvalue weighted by atomic mass is 35.5. The molecule has 1 fully saturated rings. The van der Waals surface area contributed by atoms with Crippen molar-refractivity contribution < 1.29 is 9.53 Å². The Bertz CT molecular complexity index is 1030. The standard InChI is InChI=1S/C23H25ClN4O2S/c1-30-20-8-6-7-17(15-20)22-25-26-23(28(22)19-11-9-18(24)10-12-19)31-16-21(29)27-13-4-2-3-5-14-27/h6-12,15H,2-5,13-14,16H2,1H3. The molecule has 6 nitrogen and oxygen atoms in total. The number of aromatic nitrogens is 3. The molecule has 0 atom stereocenters. The Morgan fingerprint density at radius 2 is 1.81 bits per heavy atom. The van der Waals surface area contributed by atoms with E-state index in [1.807, 2.05) is 58.0 Å². The fraction of sp³-hybridized carbons (Fsp3) is 0.348. The van der Waals surface area contributed by atoms with Gasteiger partial charge in [-0.15, -0.1) is 10.2 Å². The van der Waals surface area contributed by atoms with E-state index in [0.29, 0.717) is 21.8 Å². The van der Waals surface area contributed by atoms with Crippen molar-refractivity contribution in [2.45, 2.75) is 30.8 Å². The third-order valence-electron chi connectivity index (χ3n) is 5.33. The third-order valence-corrected chi connectivity index (χ3v) is 6.50. The fourth-order valence-electron chi connectivity index (χ4n) is 3.67. The zero-order valence-corrected chi connectivity index (χ0v) is 19.0. The molecular formula is C23H25ClN4O2S. The molecule has 2 aromatic carbocycles. The highest BCUT2D eigenvalue weighted by Crippen LogP contribution is 2.30. The number of halogens is 1. The maximum atomic E-state index is 12.8. The third kappa shape index (κ3) is 5.22. The van der Waals surface area contributed by atoms with Crippen molar-refractivity contribution in [1.29, 1.82) is 0 Å². The van der Waals surface area contributed by atoms with E-state index in [-0.39, 0.29) is 5.91 Å². The maximum absolute atomic E-state index is 12.8. The number of likely N-dealkylation sites (tertiary alicyclic amines) is 1. The van der Waals surface area contributed by atoms with E-state index in [1.165, 1.54) is 24.6 Å². The summed E-state index contributed by atoms with van der Waals surface area (Å²) in [5.74, 6) is 1.92. The summed E-state index contributed by atoms with van der Waals surface area (Å²) in [6, 6.07) is 15.2. The second-order valence-corrected chi connectivity index (χ2v) is 8.81. The molecule has 2 heterocycles. The largest absolute Gasteiger partial charge is 0.497 e. The van der Waals surface area contributed by atoms with Crippen LogP contribution in [0, 0.1) is 0 Å². The van der Waals surface area contributed by atoms with Crippen molar-refractivity contribution in [2.24, 2.45) is 0 Å². The van der Waals surface area contributed by atoms with Crippen LogP contribution in [0.4, 0.5) is 0 Å². The number of rotatable bonds is 6. The van der Waals surface area contributed by atoms with Gasteiger partial charge in [-0.25, -0.2) is 0 Å². The first-order valence-corrected chi connectivity index (χ1v) is 11.8. The molecule has 0 N–H and O–H groups in total. The summed E-state index contributed by atoms with van der Waals surface area (Å²) < 4.78 is 7.33. The molecule has 0 spiro atoms. The number of methoxy groups -OCH3 is 1. The highest BCUT2D eigenvalue weighted by molar-refractivity contribution is 7.99. The first-order valence-electron chi connectivity index (χ1n) is 10.4. The Morgan fingerprint density at radius 1 is 1.06 bits per heavy atom. The Hall–Kier alpha value is -2.51. The molecule has 1 aliphatic heterocycles. The van der Waals surface area contributed by atoms with Crippen LogP contribution in [0.1, 0.15) is 25.7 Å². The molecule has 8 heteroatoms. The summed E-state index contributed by atoms with van der Waals surface area (Å²) >= 11 is 7.51. The van der Waals surface area contributed by atoms with Crippen LogP contribution < -0.4 is 4.74 Å². The van der Waals surface area contributed by atoms with E-state index in [1.54, 1.807) is 7.11 Å². The van der Waals surface area contributed by atoms with Crippen molar-refractivity contribution in [2.75, 3.05) is 26.0 Å². The number of carbonyl (C=O) groups excluding carboxylic acids is 1. The number of thioether (sulfide) groups is 1. The average Bonchev–Trinajstić information content (AvgIpc) is 3.02. The molecule has 1 aromatic heterocycles. The van der Waals surface area contributed by atoms with E-state index in [9.17, 15) is 4.79 Å². The van der Waals surface area contributed by atoms with Crippen LogP contribution in [0.15, 0.2) is 53.7 Å². The fourth-order valence-corrected chi connectivity index (χ4v) is 4.65. The minimum Gasteiger partial charge on any atom is -0.497 e. The molecule has 162 valence electrons. The predicted molar refractivity (Wildman–Crippen MR) is 124 cm³/mol. The van der Waals surface area contributed by atoms with Gasteiger partial charge in [0.05, 0.1) is 12.9 Å². The number of ether oxygens (including phenoxy) is 1. The second-order valence-electron chi connectivity index (χ2n) is 7.43. The number of carbonyl (C=O) groups is 1. The smallest absolute Gasteiger partial charge is 0.233 e. The molecule has 1 saturated heterocycles. The molecule has 0 saturated carbocycles. The lowest BCUT2D eigenvalue weighted by atomic mass is 10.2. The monoisotopic (exact) mass is 456 g/mol. The molecular weight excluding hydrogens is 432 g/mol. The SMILES string of the molecule is COc1cccc(-c2nnc(SCC(=O)N3CCCCCC3)n2-c2ccc(Cl)cc2)c1. The quantitative estimate of drug-likeness (QED) is 0.483. The summed E-state index contributed by atoms with van der Waals surface area (Å²) in [5, 5.41) is 10.2. The number of benzene rings is 2. The average molecular weight is 457 g/mol.